The Bertz CT molecular complexity index is 1230. The number of carbonyl (C=O) groups excluding carboxylic acids is 2. The lowest BCUT2D eigenvalue weighted by Crippen LogP contribution is -2.30. The second-order valence-electron chi connectivity index (χ2n) is 10.3. The standard InChI is InChI=1S/C29H37N3O6/c1-6-37-25-14-19-16-32(27(30)20(19)15-21(25)28(36)31-5)17-23(33)18-10-11-24(22(13-18)29(2,3)4)38-12-8-7-9-26(34)35/h10-11,13-15,30H,6-9,12,16-17H2,1-5H3,(H,31,36)(H,34,35). The van der Waals surface area contributed by atoms with Crippen molar-refractivity contribution in [2.75, 3.05) is 26.8 Å². The van der Waals surface area contributed by atoms with E-state index in [1.807, 2.05) is 33.8 Å². The topological polar surface area (TPSA) is 129 Å². The molecule has 0 atom stereocenters. The quantitative estimate of drug-likeness (QED) is 0.278. The number of nitrogens with zero attached hydrogens (tertiary/aromatic N) is 1. The lowest BCUT2D eigenvalue weighted by atomic mass is 9.85. The van der Waals surface area contributed by atoms with Crippen LogP contribution in [0, 0.1) is 5.41 Å². The third kappa shape index (κ3) is 6.70. The number of unbranched alkanes of at least 4 members (excludes halogenated alkanes) is 1. The molecule has 1 aliphatic heterocycles. The Hall–Kier alpha value is -3.88. The molecule has 0 spiro atoms. The summed E-state index contributed by atoms with van der Waals surface area (Å²) in [5, 5.41) is 20.1. The number of amidine groups is 1. The zero-order chi connectivity index (χ0) is 28.0. The monoisotopic (exact) mass is 523 g/mol. The molecule has 9 heteroatoms. The van der Waals surface area contributed by atoms with Gasteiger partial charge in [0.1, 0.15) is 17.3 Å². The molecule has 3 N–H and O–H groups in total. The van der Waals surface area contributed by atoms with Crippen LogP contribution in [0.1, 0.15) is 84.4 Å². The van der Waals surface area contributed by atoms with E-state index >= 15 is 0 Å². The van der Waals surface area contributed by atoms with Crippen molar-refractivity contribution in [3.05, 3.63) is 58.1 Å². The highest BCUT2D eigenvalue weighted by atomic mass is 16.5. The van der Waals surface area contributed by atoms with Crippen LogP contribution in [-0.2, 0) is 16.8 Å². The Morgan fingerprint density at radius 2 is 1.82 bits per heavy atom. The van der Waals surface area contributed by atoms with Crippen molar-refractivity contribution in [3.8, 4) is 11.5 Å². The second kappa shape index (κ2) is 12.1. The van der Waals surface area contributed by atoms with E-state index in [0.29, 0.717) is 60.8 Å². The Kier molecular flexibility index (Phi) is 9.14. The fourth-order valence-corrected chi connectivity index (χ4v) is 4.39. The molecular weight excluding hydrogens is 486 g/mol. The van der Waals surface area contributed by atoms with E-state index in [1.54, 1.807) is 36.2 Å². The third-order valence-corrected chi connectivity index (χ3v) is 6.40. The SMILES string of the molecule is CCOc1cc2c(cc1C(=O)NC)C(=N)N(CC(=O)c1ccc(OCCCCC(=O)O)c(C(C)(C)C)c1)C2. The zero-order valence-electron chi connectivity index (χ0n) is 22.8. The number of hydrogen-bond donors (Lipinski definition) is 3. The number of ether oxygens (including phenoxy) is 2. The van der Waals surface area contributed by atoms with E-state index in [4.69, 9.17) is 20.0 Å². The summed E-state index contributed by atoms with van der Waals surface area (Å²) in [7, 11) is 1.54. The Balaban J connectivity index is 1.76. The van der Waals surface area contributed by atoms with Gasteiger partial charge in [-0.15, -0.1) is 0 Å². The van der Waals surface area contributed by atoms with Crippen LogP contribution in [0.5, 0.6) is 11.5 Å². The molecule has 0 bridgehead atoms. The van der Waals surface area contributed by atoms with Crippen molar-refractivity contribution in [3.63, 3.8) is 0 Å². The van der Waals surface area contributed by atoms with Gasteiger partial charge in [0.15, 0.2) is 5.78 Å². The maximum absolute atomic E-state index is 13.3. The van der Waals surface area contributed by atoms with Crippen LogP contribution >= 0.6 is 0 Å². The molecule has 1 aliphatic rings. The number of benzene rings is 2. The van der Waals surface area contributed by atoms with Crippen LogP contribution in [0.2, 0.25) is 0 Å². The Morgan fingerprint density at radius 1 is 1.08 bits per heavy atom. The van der Waals surface area contributed by atoms with Gasteiger partial charge in [0.2, 0.25) is 0 Å². The van der Waals surface area contributed by atoms with Gasteiger partial charge in [-0.2, -0.15) is 0 Å². The molecule has 0 fully saturated rings. The van der Waals surface area contributed by atoms with Gasteiger partial charge in [-0.3, -0.25) is 19.8 Å². The molecule has 9 nitrogen and oxygen atoms in total. The molecule has 1 heterocycles. The third-order valence-electron chi connectivity index (χ3n) is 6.40. The second-order valence-corrected chi connectivity index (χ2v) is 10.3. The summed E-state index contributed by atoms with van der Waals surface area (Å²) in [6.45, 7) is 9.16. The fourth-order valence-electron chi connectivity index (χ4n) is 4.39. The predicted octanol–water partition coefficient (Wildman–Crippen LogP) is 4.40. The lowest BCUT2D eigenvalue weighted by molar-refractivity contribution is -0.137. The van der Waals surface area contributed by atoms with Gasteiger partial charge in [-0.05, 0) is 61.1 Å². The number of aliphatic carboxylic acids is 1. The number of hydrogen-bond acceptors (Lipinski definition) is 6. The normalized spacial score (nSPS) is 12.8. The average molecular weight is 524 g/mol. The van der Waals surface area contributed by atoms with Crippen LogP contribution in [0.15, 0.2) is 30.3 Å². The predicted molar refractivity (Wildman–Crippen MR) is 145 cm³/mol. The summed E-state index contributed by atoms with van der Waals surface area (Å²) in [6, 6.07) is 8.81. The first-order valence-electron chi connectivity index (χ1n) is 12.8. The Labute approximate surface area is 223 Å². The average Bonchev–Trinajstić information content (AvgIpc) is 3.16. The van der Waals surface area contributed by atoms with Crippen LogP contribution in [-0.4, -0.2) is 60.3 Å². The van der Waals surface area contributed by atoms with Gasteiger partial charge in [0, 0.05) is 36.7 Å². The van der Waals surface area contributed by atoms with Crippen molar-refractivity contribution in [2.24, 2.45) is 0 Å². The number of carbonyl (C=O) groups is 3. The molecule has 0 aliphatic carbocycles. The maximum Gasteiger partial charge on any atom is 0.303 e. The number of amides is 1. The Morgan fingerprint density at radius 3 is 2.45 bits per heavy atom. The number of Topliss-reactive ketones (excluding diaryl/α,β-unsaturated/α-hetero) is 1. The molecule has 0 saturated heterocycles. The molecule has 0 aromatic heterocycles. The summed E-state index contributed by atoms with van der Waals surface area (Å²) >= 11 is 0. The molecule has 38 heavy (non-hydrogen) atoms. The van der Waals surface area contributed by atoms with E-state index < -0.39 is 5.97 Å². The summed E-state index contributed by atoms with van der Waals surface area (Å²) in [6.07, 6.45) is 1.27. The minimum atomic E-state index is -0.820. The molecule has 204 valence electrons. The van der Waals surface area contributed by atoms with Crippen molar-refractivity contribution in [1.29, 1.82) is 5.41 Å². The van der Waals surface area contributed by atoms with Gasteiger partial charge in [0.05, 0.1) is 25.3 Å². The smallest absolute Gasteiger partial charge is 0.303 e. The number of carboxylic acid groups (broad SMARTS) is 1. The zero-order valence-corrected chi connectivity index (χ0v) is 22.8. The van der Waals surface area contributed by atoms with Crippen LogP contribution < -0.4 is 14.8 Å². The van der Waals surface area contributed by atoms with Gasteiger partial charge < -0.3 is 24.8 Å². The summed E-state index contributed by atoms with van der Waals surface area (Å²) in [5.41, 5.74) is 2.94. The number of fused-ring (bicyclic) bond motifs is 1. The van der Waals surface area contributed by atoms with E-state index in [0.717, 1.165) is 11.1 Å². The van der Waals surface area contributed by atoms with E-state index in [9.17, 15) is 14.4 Å². The highest BCUT2D eigenvalue weighted by molar-refractivity contribution is 6.07. The van der Waals surface area contributed by atoms with Crippen molar-refractivity contribution in [1.82, 2.24) is 10.2 Å². The molecule has 1 amide bonds. The van der Waals surface area contributed by atoms with Crippen LogP contribution in [0.3, 0.4) is 0 Å². The highest BCUT2D eigenvalue weighted by Gasteiger charge is 2.30. The molecule has 3 rings (SSSR count). The summed E-state index contributed by atoms with van der Waals surface area (Å²) < 4.78 is 11.6. The number of carboxylic acids is 1. The molecule has 0 unspecified atom stereocenters. The largest absolute Gasteiger partial charge is 0.493 e. The van der Waals surface area contributed by atoms with Crippen LogP contribution in [0.4, 0.5) is 0 Å². The minimum absolute atomic E-state index is 0.0196. The first kappa shape index (κ1) is 28.7. The highest BCUT2D eigenvalue weighted by Crippen LogP contribution is 2.34. The first-order chi connectivity index (χ1) is 18.0. The molecule has 0 saturated carbocycles. The molecular formula is C29H37N3O6. The van der Waals surface area contributed by atoms with E-state index in [1.165, 1.54) is 0 Å². The summed E-state index contributed by atoms with van der Waals surface area (Å²) in [4.78, 5) is 38.1. The lowest BCUT2D eigenvalue weighted by Gasteiger charge is -2.24. The van der Waals surface area contributed by atoms with Gasteiger partial charge in [-0.25, -0.2) is 0 Å². The van der Waals surface area contributed by atoms with E-state index in [-0.39, 0.29) is 35.9 Å². The van der Waals surface area contributed by atoms with Crippen molar-refractivity contribution in [2.45, 2.75) is 58.9 Å². The van der Waals surface area contributed by atoms with E-state index in [2.05, 4.69) is 5.32 Å². The first-order valence-corrected chi connectivity index (χ1v) is 12.8. The maximum atomic E-state index is 13.3. The summed E-state index contributed by atoms with van der Waals surface area (Å²) in [5.74, 6) is 0.0869. The van der Waals surface area contributed by atoms with Gasteiger partial charge in [0.25, 0.3) is 5.91 Å². The molecule has 2 aromatic carbocycles. The number of nitrogens with one attached hydrogen (secondary N) is 2. The fraction of sp³-hybridized carbons (Fsp3) is 0.448. The number of ketones is 1. The molecule has 2 aromatic rings. The molecule has 0 radical (unpaired) electrons. The minimum Gasteiger partial charge on any atom is -0.493 e. The van der Waals surface area contributed by atoms with Gasteiger partial charge in [-0.1, -0.05) is 20.8 Å². The number of rotatable bonds is 12. The van der Waals surface area contributed by atoms with Crippen molar-refractivity contribution >= 4 is 23.5 Å². The van der Waals surface area contributed by atoms with Gasteiger partial charge >= 0.3 is 5.97 Å². The van der Waals surface area contributed by atoms with Crippen molar-refractivity contribution < 1.29 is 29.0 Å². The van der Waals surface area contributed by atoms with Crippen LogP contribution in [0.25, 0.3) is 0 Å².